The number of nitrogens with zero attached hydrogens (tertiary/aromatic N) is 4. The number of hydrogen-bond donors (Lipinski definition) is 1. The zero-order chi connectivity index (χ0) is 27.7. The van der Waals surface area contributed by atoms with E-state index in [2.05, 4.69) is 6.07 Å². The van der Waals surface area contributed by atoms with E-state index in [0.29, 0.717) is 11.3 Å². The van der Waals surface area contributed by atoms with Crippen LogP contribution in [0.15, 0.2) is 102 Å². The van der Waals surface area contributed by atoms with Gasteiger partial charge in [0, 0.05) is 23.6 Å². The highest BCUT2D eigenvalue weighted by Gasteiger charge is 2.42. The van der Waals surface area contributed by atoms with Crippen LogP contribution in [0.3, 0.4) is 0 Å². The summed E-state index contributed by atoms with van der Waals surface area (Å²) in [6.45, 7) is 2.00. The van der Waals surface area contributed by atoms with E-state index in [1.54, 1.807) is 36.4 Å². The quantitative estimate of drug-likeness (QED) is 0.389. The molecule has 194 valence electrons. The molecule has 0 bridgehead atoms. The van der Waals surface area contributed by atoms with Crippen LogP contribution in [-0.4, -0.2) is 35.5 Å². The van der Waals surface area contributed by atoms with Gasteiger partial charge in [-0.15, -0.1) is 0 Å². The number of allylic oxidation sites excluding steroid dienone is 1. The number of fused-ring (bicyclic) bond motifs is 1. The molecule has 2 N–H and O–H groups in total. The van der Waals surface area contributed by atoms with Gasteiger partial charge >= 0.3 is 11.9 Å². The van der Waals surface area contributed by atoms with E-state index < -0.39 is 17.9 Å². The van der Waals surface area contributed by atoms with Crippen molar-refractivity contribution in [2.24, 2.45) is 5.73 Å². The lowest BCUT2D eigenvalue weighted by Crippen LogP contribution is -2.40. The fraction of sp³-hybridized carbons (Fsp3) is 0.133. The highest BCUT2D eigenvalue weighted by atomic mass is 16.5. The van der Waals surface area contributed by atoms with Crippen molar-refractivity contribution in [1.29, 1.82) is 5.26 Å². The molecule has 9 nitrogen and oxygen atoms in total. The molecule has 1 aliphatic heterocycles. The molecule has 3 heterocycles. The van der Waals surface area contributed by atoms with Crippen LogP contribution in [0.5, 0.6) is 0 Å². The molecule has 1 atom stereocenters. The van der Waals surface area contributed by atoms with Crippen LogP contribution in [0.2, 0.25) is 0 Å². The number of hydrogen-bond acceptors (Lipinski definition) is 8. The van der Waals surface area contributed by atoms with Gasteiger partial charge in [0.1, 0.15) is 17.2 Å². The Morgan fingerprint density at radius 1 is 0.974 bits per heavy atom. The predicted molar refractivity (Wildman–Crippen MR) is 145 cm³/mol. The number of carbonyl (C=O) groups excluding carboxylic acids is 2. The van der Waals surface area contributed by atoms with Gasteiger partial charge in [-0.25, -0.2) is 14.6 Å². The number of methoxy groups -OCH3 is 2. The molecule has 0 fully saturated rings. The van der Waals surface area contributed by atoms with Crippen molar-refractivity contribution in [3.63, 3.8) is 0 Å². The van der Waals surface area contributed by atoms with Gasteiger partial charge < -0.3 is 19.6 Å². The third-order valence-corrected chi connectivity index (χ3v) is 6.71. The highest BCUT2D eigenvalue weighted by Crippen LogP contribution is 2.43. The molecule has 0 saturated carbocycles. The van der Waals surface area contributed by atoms with Crippen LogP contribution < -0.4 is 10.6 Å². The minimum atomic E-state index is -0.922. The van der Waals surface area contributed by atoms with E-state index in [0.717, 1.165) is 22.5 Å². The fourth-order valence-electron chi connectivity index (χ4n) is 4.86. The van der Waals surface area contributed by atoms with Crippen molar-refractivity contribution < 1.29 is 19.1 Å². The summed E-state index contributed by atoms with van der Waals surface area (Å²) in [6.07, 6.45) is 3.86. The zero-order valence-electron chi connectivity index (χ0n) is 21.6. The number of nitriles is 1. The molecule has 39 heavy (non-hydrogen) atoms. The molecule has 1 unspecified atom stereocenters. The van der Waals surface area contributed by atoms with Crippen LogP contribution in [0, 0.1) is 18.3 Å². The van der Waals surface area contributed by atoms with E-state index >= 15 is 0 Å². The first kappa shape index (κ1) is 25.3. The van der Waals surface area contributed by atoms with E-state index in [1.165, 1.54) is 19.1 Å². The second-order valence-corrected chi connectivity index (χ2v) is 8.93. The number of aromatic nitrogens is 2. The van der Waals surface area contributed by atoms with Gasteiger partial charge in [-0.05, 0) is 36.2 Å². The minimum absolute atomic E-state index is 0.00973. The Bertz CT molecular complexity index is 1690. The van der Waals surface area contributed by atoms with Gasteiger partial charge in [0.05, 0.1) is 43.0 Å². The summed E-state index contributed by atoms with van der Waals surface area (Å²) in [7, 11) is 2.43. The highest BCUT2D eigenvalue weighted by molar-refractivity contribution is 6.06. The number of esters is 2. The number of anilines is 1. The van der Waals surface area contributed by atoms with Gasteiger partial charge in [0.2, 0.25) is 0 Å². The summed E-state index contributed by atoms with van der Waals surface area (Å²) in [6, 6.07) is 22.1. The van der Waals surface area contributed by atoms with Gasteiger partial charge in [-0.3, -0.25) is 4.90 Å². The van der Waals surface area contributed by atoms with E-state index in [-0.39, 0.29) is 22.7 Å². The number of nitrogens with two attached hydrogens (primary N) is 1. The summed E-state index contributed by atoms with van der Waals surface area (Å²) in [5, 5.41) is 10.2. The average Bonchev–Trinajstić information content (AvgIpc) is 3.42. The predicted octanol–water partition coefficient (Wildman–Crippen LogP) is 4.21. The van der Waals surface area contributed by atoms with Crippen molar-refractivity contribution in [3.8, 4) is 17.3 Å². The molecular formula is C30H25N5O4. The first-order valence-corrected chi connectivity index (χ1v) is 12.1. The molecule has 4 aromatic rings. The van der Waals surface area contributed by atoms with Crippen LogP contribution in [0.25, 0.3) is 16.9 Å². The van der Waals surface area contributed by atoms with Crippen LogP contribution >= 0.6 is 0 Å². The van der Waals surface area contributed by atoms with Crippen molar-refractivity contribution in [2.75, 3.05) is 19.1 Å². The van der Waals surface area contributed by atoms with Gasteiger partial charge in [0.15, 0.2) is 0 Å². The van der Waals surface area contributed by atoms with Crippen LogP contribution in [0.1, 0.15) is 17.0 Å². The summed E-state index contributed by atoms with van der Waals surface area (Å²) < 4.78 is 12.1. The Balaban J connectivity index is 1.68. The fourth-order valence-corrected chi connectivity index (χ4v) is 4.86. The SMILES string of the molecule is COC(=O)C1=C(C(=O)OC)N(c2ccc(-c3cn4cccc(C)c4n3)cc2)C(N)=C(C#N)C1c1ccccc1. The molecular weight excluding hydrogens is 494 g/mol. The lowest BCUT2D eigenvalue weighted by molar-refractivity contribution is -0.139. The maximum atomic E-state index is 13.2. The molecule has 2 aromatic carbocycles. The second-order valence-electron chi connectivity index (χ2n) is 8.93. The summed E-state index contributed by atoms with van der Waals surface area (Å²) in [5.41, 5.74) is 11.1. The standard InChI is InChI=1S/C30H25N5O4/c1-18-8-7-15-34-17-23(33-28(18)34)19-11-13-21(14-12-19)35-26(30(37)39-3)25(29(36)38-2)24(22(16-31)27(35)32)20-9-5-4-6-10-20/h4-15,17,24H,32H2,1-3H3. The number of carbonyl (C=O) groups is 2. The monoisotopic (exact) mass is 519 g/mol. The molecule has 5 rings (SSSR count). The normalized spacial score (nSPS) is 15.3. The van der Waals surface area contributed by atoms with Gasteiger partial charge in [0.25, 0.3) is 0 Å². The third kappa shape index (κ3) is 4.28. The third-order valence-electron chi connectivity index (χ3n) is 6.71. The number of ether oxygens (including phenoxy) is 2. The number of pyridine rings is 1. The lowest BCUT2D eigenvalue weighted by Gasteiger charge is -2.35. The number of imidazole rings is 1. The Labute approximate surface area is 225 Å². The Morgan fingerprint density at radius 2 is 1.67 bits per heavy atom. The van der Waals surface area contributed by atoms with Gasteiger partial charge in [-0.1, -0.05) is 48.5 Å². The molecule has 9 heteroatoms. The molecule has 1 aliphatic rings. The number of aryl methyl sites for hydroxylation is 1. The van der Waals surface area contributed by atoms with E-state index in [4.69, 9.17) is 20.2 Å². The molecule has 0 amide bonds. The molecule has 0 aliphatic carbocycles. The molecule has 0 saturated heterocycles. The first-order valence-electron chi connectivity index (χ1n) is 12.1. The molecule has 2 aromatic heterocycles. The largest absolute Gasteiger partial charge is 0.466 e. The van der Waals surface area contributed by atoms with E-state index in [9.17, 15) is 14.9 Å². The van der Waals surface area contributed by atoms with Crippen molar-refractivity contribution in [2.45, 2.75) is 12.8 Å². The first-order chi connectivity index (χ1) is 18.9. The summed E-state index contributed by atoms with van der Waals surface area (Å²) in [5.74, 6) is -2.48. The summed E-state index contributed by atoms with van der Waals surface area (Å²) >= 11 is 0. The Kier molecular flexibility index (Phi) is 6.61. The van der Waals surface area contributed by atoms with Crippen LogP contribution in [0.4, 0.5) is 5.69 Å². The second kappa shape index (κ2) is 10.2. The van der Waals surface area contributed by atoms with Crippen molar-refractivity contribution in [1.82, 2.24) is 9.38 Å². The lowest BCUT2D eigenvalue weighted by atomic mass is 9.81. The number of rotatable bonds is 5. The van der Waals surface area contributed by atoms with Gasteiger partial charge in [-0.2, -0.15) is 5.26 Å². The number of benzene rings is 2. The topological polar surface area (TPSA) is 123 Å². The van der Waals surface area contributed by atoms with Crippen molar-refractivity contribution in [3.05, 3.63) is 113 Å². The smallest absolute Gasteiger partial charge is 0.355 e. The average molecular weight is 520 g/mol. The van der Waals surface area contributed by atoms with Crippen LogP contribution in [-0.2, 0) is 19.1 Å². The maximum Gasteiger partial charge on any atom is 0.355 e. The van der Waals surface area contributed by atoms with Crippen molar-refractivity contribution >= 4 is 23.3 Å². The Morgan fingerprint density at radius 3 is 2.28 bits per heavy atom. The molecule has 0 radical (unpaired) electrons. The molecule has 0 spiro atoms. The maximum absolute atomic E-state index is 13.2. The minimum Gasteiger partial charge on any atom is -0.466 e. The van der Waals surface area contributed by atoms with E-state index in [1.807, 2.05) is 54.0 Å². The summed E-state index contributed by atoms with van der Waals surface area (Å²) in [4.78, 5) is 32.5. The zero-order valence-corrected chi connectivity index (χ0v) is 21.6. The Hall–Kier alpha value is -5.36.